The van der Waals surface area contributed by atoms with E-state index < -0.39 is 18.6 Å². The molecule has 2 N–H and O–H groups in total. The number of hydrogen-bond acceptors (Lipinski definition) is 6. The molecule has 10 nitrogen and oxygen atoms in total. The largest absolute Gasteiger partial charge is 0.454 e. The summed E-state index contributed by atoms with van der Waals surface area (Å²) in [7, 11) is 1.92. The summed E-state index contributed by atoms with van der Waals surface area (Å²) in [6.45, 7) is 2.08. The lowest BCUT2D eigenvalue weighted by Crippen LogP contribution is -2.45. The van der Waals surface area contributed by atoms with E-state index in [4.69, 9.17) is 20.4 Å². The van der Waals surface area contributed by atoms with Gasteiger partial charge in [0.1, 0.15) is 17.9 Å². The number of fused-ring (bicyclic) bond motifs is 3. The SMILES string of the molecule is Cn1c(-c2cc3cccc(OC(C)(F)Cn4ccnc4)c3n2CC2CC2)nc2cc3c(nc21)CCN(C[C@H](N)CF)C3=O. The molecule has 5 aromatic rings. The Labute approximate surface area is 247 Å². The van der Waals surface area contributed by atoms with Crippen LogP contribution < -0.4 is 10.5 Å². The third kappa shape index (κ3) is 5.13. The molecule has 1 aromatic carbocycles. The van der Waals surface area contributed by atoms with Crippen molar-refractivity contribution in [3.8, 4) is 17.3 Å². The molecule has 2 atom stereocenters. The van der Waals surface area contributed by atoms with Crippen molar-refractivity contribution in [3.05, 3.63) is 60.3 Å². The minimum atomic E-state index is -1.97. The fraction of sp³-hybridized carbons (Fsp3) is 0.419. The fourth-order valence-electron chi connectivity index (χ4n) is 6.05. The number of pyridine rings is 1. The van der Waals surface area contributed by atoms with E-state index in [-0.39, 0.29) is 19.0 Å². The number of carbonyl (C=O) groups is 1. The summed E-state index contributed by atoms with van der Waals surface area (Å²) < 4.78 is 40.6. The van der Waals surface area contributed by atoms with E-state index in [1.807, 2.05) is 23.7 Å². The molecule has 0 saturated heterocycles. The molecule has 1 amide bonds. The van der Waals surface area contributed by atoms with Crippen LogP contribution in [0.3, 0.4) is 0 Å². The number of benzene rings is 1. The van der Waals surface area contributed by atoms with E-state index in [0.717, 1.165) is 36.0 Å². The van der Waals surface area contributed by atoms with E-state index in [0.29, 0.717) is 52.9 Å². The molecule has 0 spiro atoms. The van der Waals surface area contributed by atoms with Crippen LogP contribution in [0, 0.1) is 5.92 Å². The molecule has 0 bridgehead atoms. The van der Waals surface area contributed by atoms with Crippen molar-refractivity contribution >= 4 is 28.0 Å². The molecule has 1 aliphatic carbocycles. The van der Waals surface area contributed by atoms with Crippen LogP contribution in [0.4, 0.5) is 8.78 Å². The van der Waals surface area contributed by atoms with E-state index in [2.05, 4.69) is 15.6 Å². The van der Waals surface area contributed by atoms with Crippen LogP contribution in [0.1, 0.15) is 35.8 Å². The van der Waals surface area contributed by atoms with Crippen LogP contribution in [0.5, 0.6) is 5.75 Å². The number of amides is 1. The average molecular weight is 589 g/mol. The van der Waals surface area contributed by atoms with Crippen LogP contribution in [-0.4, -0.2) is 71.1 Å². The van der Waals surface area contributed by atoms with Gasteiger partial charge in [-0.15, -0.1) is 0 Å². The Kier molecular flexibility index (Phi) is 6.68. The first kappa shape index (κ1) is 27.5. The molecule has 1 unspecified atom stereocenters. The normalized spacial score (nSPS) is 17.4. The summed E-state index contributed by atoms with van der Waals surface area (Å²) in [5.74, 6) is -0.512. The Hall–Kier alpha value is -4.32. The second-order valence-electron chi connectivity index (χ2n) is 12.0. The van der Waals surface area contributed by atoms with Gasteiger partial charge in [0.2, 0.25) is 0 Å². The van der Waals surface area contributed by atoms with E-state index in [1.54, 1.807) is 40.3 Å². The van der Waals surface area contributed by atoms with Gasteiger partial charge in [-0.3, -0.25) is 4.79 Å². The van der Waals surface area contributed by atoms with Gasteiger partial charge >= 0.3 is 0 Å². The van der Waals surface area contributed by atoms with Crippen LogP contribution in [0.25, 0.3) is 33.6 Å². The number of nitrogens with two attached hydrogens (primary N) is 1. The minimum Gasteiger partial charge on any atom is -0.454 e. The molecule has 43 heavy (non-hydrogen) atoms. The highest BCUT2D eigenvalue weighted by molar-refractivity contribution is 5.99. The average Bonchev–Trinajstić information content (AvgIpc) is 3.36. The van der Waals surface area contributed by atoms with E-state index >= 15 is 4.39 Å². The maximum Gasteiger partial charge on any atom is 0.263 e. The summed E-state index contributed by atoms with van der Waals surface area (Å²) >= 11 is 0. The second kappa shape index (κ2) is 10.4. The van der Waals surface area contributed by atoms with Crippen molar-refractivity contribution in [2.75, 3.05) is 19.8 Å². The Bertz CT molecular complexity index is 1820. The molecule has 2 aliphatic rings. The highest BCUT2D eigenvalue weighted by atomic mass is 19.2. The van der Waals surface area contributed by atoms with Crippen molar-refractivity contribution < 1.29 is 18.3 Å². The molecule has 1 fully saturated rings. The molecule has 0 radical (unpaired) electrons. The van der Waals surface area contributed by atoms with Crippen LogP contribution >= 0.6 is 0 Å². The number of aromatic nitrogens is 6. The van der Waals surface area contributed by atoms with Crippen molar-refractivity contribution in [2.45, 2.75) is 51.2 Å². The summed E-state index contributed by atoms with van der Waals surface area (Å²) in [5, 5.41) is 0.918. The number of aryl methyl sites for hydroxylation is 1. The Morgan fingerprint density at radius 1 is 1.23 bits per heavy atom. The zero-order chi connectivity index (χ0) is 29.9. The lowest BCUT2D eigenvalue weighted by molar-refractivity contribution is -0.0575. The van der Waals surface area contributed by atoms with Gasteiger partial charge in [0.05, 0.1) is 41.4 Å². The number of hydrogen-bond donors (Lipinski definition) is 1. The van der Waals surface area contributed by atoms with Crippen LogP contribution in [-0.2, 0) is 26.6 Å². The third-order valence-electron chi connectivity index (χ3n) is 8.31. The van der Waals surface area contributed by atoms with E-state index in [1.165, 1.54) is 6.92 Å². The van der Waals surface area contributed by atoms with Gasteiger partial charge in [0.25, 0.3) is 11.8 Å². The maximum absolute atomic E-state index is 15.7. The summed E-state index contributed by atoms with van der Waals surface area (Å²) in [6, 6.07) is 8.79. The number of imidazole rings is 2. The van der Waals surface area contributed by atoms with Gasteiger partial charge < -0.3 is 29.1 Å². The van der Waals surface area contributed by atoms with Gasteiger partial charge in [0, 0.05) is 57.8 Å². The second-order valence-corrected chi connectivity index (χ2v) is 12.0. The number of ether oxygens (including phenoxy) is 1. The molecule has 7 rings (SSSR count). The standard InChI is InChI=1S/C31H34F2N8O2/c1-31(33,17-39-11-9-35-18-39)43-26-5-3-4-20-12-25(41(27(20)26)15-19-6-7-19)29-37-24-13-22-23(36-28(24)38(29)2)8-10-40(30(22)42)16-21(34)14-32/h3-5,9,11-13,18-19,21H,6-8,10,14-17,34H2,1-2H3/t21-,31?/m1/s1. The zero-order valence-electron chi connectivity index (χ0n) is 24.2. The lowest BCUT2D eigenvalue weighted by atomic mass is 10.0. The van der Waals surface area contributed by atoms with Crippen molar-refractivity contribution in [1.82, 2.24) is 33.6 Å². The quantitative estimate of drug-likeness (QED) is 0.261. The number of nitrogens with zero attached hydrogens (tertiary/aromatic N) is 7. The number of carbonyl (C=O) groups excluding carboxylic acids is 1. The maximum atomic E-state index is 15.7. The third-order valence-corrected chi connectivity index (χ3v) is 8.31. The first-order valence-electron chi connectivity index (χ1n) is 14.6. The Morgan fingerprint density at radius 3 is 2.81 bits per heavy atom. The Morgan fingerprint density at radius 2 is 2.07 bits per heavy atom. The number of halogens is 2. The lowest BCUT2D eigenvalue weighted by Gasteiger charge is -2.29. The van der Waals surface area contributed by atoms with Crippen molar-refractivity contribution in [2.24, 2.45) is 18.7 Å². The van der Waals surface area contributed by atoms with Gasteiger partial charge in [-0.25, -0.2) is 19.3 Å². The van der Waals surface area contributed by atoms with Crippen LogP contribution in [0.15, 0.2) is 49.1 Å². The first-order chi connectivity index (χ1) is 20.7. The molecule has 12 heteroatoms. The molecule has 4 aromatic heterocycles. The van der Waals surface area contributed by atoms with Gasteiger partial charge in [-0.05, 0) is 37.0 Å². The number of rotatable bonds is 10. The van der Waals surface area contributed by atoms with Crippen molar-refractivity contribution in [3.63, 3.8) is 0 Å². The predicted molar refractivity (Wildman–Crippen MR) is 158 cm³/mol. The molecular formula is C31H34F2N8O2. The van der Waals surface area contributed by atoms with Crippen molar-refractivity contribution in [1.29, 1.82) is 0 Å². The predicted octanol–water partition coefficient (Wildman–Crippen LogP) is 4.26. The Balaban J connectivity index is 1.30. The van der Waals surface area contributed by atoms with Crippen LogP contribution in [0.2, 0.25) is 0 Å². The topological polar surface area (TPSA) is 109 Å². The summed E-state index contributed by atoms with van der Waals surface area (Å²) in [4.78, 5) is 28.7. The summed E-state index contributed by atoms with van der Waals surface area (Å²) in [5.41, 5.74) is 9.91. The molecule has 1 aliphatic heterocycles. The number of para-hydroxylation sites is 1. The highest BCUT2D eigenvalue weighted by Gasteiger charge is 2.32. The molecular weight excluding hydrogens is 554 g/mol. The summed E-state index contributed by atoms with van der Waals surface area (Å²) in [6.07, 6.45) is 7.70. The van der Waals surface area contributed by atoms with Gasteiger partial charge in [-0.2, -0.15) is 4.39 Å². The molecule has 224 valence electrons. The number of alkyl halides is 2. The zero-order valence-corrected chi connectivity index (χ0v) is 24.2. The monoisotopic (exact) mass is 588 g/mol. The smallest absolute Gasteiger partial charge is 0.263 e. The fourth-order valence-corrected chi connectivity index (χ4v) is 6.05. The van der Waals surface area contributed by atoms with Gasteiger partial charge in [0.15, 0.2) is 11.5 Å². The minimum absolute atomic E-state index is 0.00344. The first-order valence-corrected chi connectivity index (χ1v) is 14.6. The van der Waals surface area contributed by atoms with E-state index in [9.17, 15) is 9.18 Å². The van der Waals surface area contributed by atoms with Gasteiger partial charge in [-0.1, -0.05) is 12.1 Å². The molecule has 1 saturated carbocycles. The molecule has 5 heterocycles. The highest BCUT2D eigenvalue weighted by Crippen LogP contribution is 2.40.